The first kappa shape index (κ1) is 13.9. The molecule has 2 saturated heterocycles. The Bertz CT molecular complexity index is 375. The van der Waals surface area contributed by atoms with Crippen LogP contribution < -0.4 is 0 Å². The smallest absolute Gasteiger partial charge is 0.320 e. The van der Waals surface area contributed by atoms with Crippen LogP contribution in [0.1, 0.15) is 57.8 Å². The number of hydrogen-bond acceptors (Lipinski definition) is 2. The molecule has 2 aliphatic heterocycles. The number of amides is 2. The van der Waals surface area contributed by atoms with Crippen molar-refractivity contribution in [1.82, 2.24) is 9.80 Å². The summed E-state index contributed by atoms with van der Waals surface area (Å²) < 4.78 is 0. The number of nitrogens with zero attached hydrogens (tertiary/aromatic N) is 2. The quantitative estimate of drug-likeness (QED) is 0.740. The van der Waals surface area contributed by atoms with Crippen LogP contribution in [0.5, 0.6) is 0 Å². The molecule has 0 aromatic rings. The van der Waals surface area contributed by atoms with Crippen molar-refractivity contribution in [1.29, 1.82) is 0 Å². The summed E-state index contributed by atoms with van der Waals surface area (Å²) in [5.41, 5.74) is 0. The van der Waals surface area contributed by atoms with Crippen LogP contribution >= 0.6 is 0 Å². The van der Waals surface area contributed by atoms with Gasteiger partial charge in [-0.25, -0.2) is 4.79 Å². The number of urea groups is 1. The van der Waals surface area contributed by atoms with Gasteiger partial charge in [0.2, 0.25) is 0 Å². The SMILES string of the molecule is O=C1CCCC1C1CCCN1C(=O)N1CCCCCC1. The number of carbonyl (C=O) groups is 2. The topological polar surface area (TPSA) is 40.6 Å². The summed E-state index contributed by atoms with van der Waals surface area (Å²) in [5, 5.41) is 0. The fraction of sp³-hybridized carbons (Fsp3) is 0.875. The maximum Gasteiger partial charge on any atom is 0.320 e. The van der Waals surface area contributed by atoms with Crippen LogP contribution in [0.25, 0.3) is 0 Å². The van der Waals surface area contributed by atoms with E-state index in [9.17, 15) is 9.59 Å². The summed E-state index contributed by atoms with van der Waals surface area (Å²) in [7, 11) is 0. The van der Waals surface area contributed by atoms with Crippen molar-refractivity contribution in [2.75, 3.05) is 19.6 Å². The van der Waals surface area contributed by atoms with Gasteiger partial charge >= 0.3 is 6.03 Å². The van der Waals surface area contributed by atoms with Gasteiger partial charge in [-0.05, 0) is 38.5 Å². The highest BCUT2D eigenvalue weighted by atomic mass is 16.2. The van der Waals surface area contributed by atoms with E-state index in [2.05, 4.69) is 0 Å². The van der Waals surface area contributed by atoms with Gasteiger partial charge in [-0.3, -0.25) is 4.79 Å². The third-order valence-electron chi connectivity index (χ3n) is 5.24. The molecule has 0 spiro atoms. The van der Waals surface area contributed by atoms with E-state index in [1.807, 2.05) is 9.80 Å². The third kappa shape index (κ3) is 2.70. The van der Waals surface area contributed by atoms with Crippen LogP contribution in [-0.2, 0) is 4.79 Å². The fourth-order valence-corrected chi connectivity index (χ4v) is 4.14. The molecule has 20 heavy (non-hydrogen) atoms. The molecule has 1 saturated carbocycles. The van der Waals surface area contributed by atoms with E-state index in [0.717, 1.165) is 64.6 Å². The Labute approximate surface area is 121 Å². The normalized spacial score (nSPS) is 31.7. The Morgan fingerprint density at radius 1 is 0.900 bits per heavy atom. The Morgan fingerprint density at radius 2 is 1.65 bits per heavy atom. The van der Waals surface area contributed by atoms with Crippen molar-refractivity contribution in [2.45, 2.75) is 63.8 Å². The number of carbonyl (C=O) groups excluding carboxylic acids is 2. The Balaban J connectivity index is 1.67. The minimum atomic E-state index is 0.133. The molecule has 2 heterocycles. The second-order valence-electron chi connectivity index (χ2n) is 6.55. The molecule has 3 aliphatic rings. The number of Topliss-reactive ketones (excluding diaryl/α,β-unsaturated/α-hetero) is 1. The van der Waals surface area contributed by atoms with Gasteiger partial charge in [0.05, 0.1) is 0 Å². The minimum Gasteiger partial charge on any atom is -0.325 e. The van der Waals surface area contributed by atoms with Gasteiger partial charge in [0, 0.05) is 38.0 Å². The monoisotopic (exact) mass is 278 g/mol. The highest BCUT2D eigenvalue weighted by Gasteiger charge is 2.41. The van der Waals surface area contributed by atoms with Gasteiger partial charge in [0.15, 0.2) is 0 Å². The molecule has 2 atom stereocenters. The van der Waals surface area contributed by atoms with Crippen molar-refractivity contribution in [3.8, 4) is 0 Å². The third-order valence-corrected chi connectivity index (χ3v) is 5.24. The molecule has 2 amide bonds. The maximum atomic E-state index is 12.8. The minimum absolute atomic E-state index is 0.133. The molecule has 3 fully saturated rings. The van der Waals surface area contributed by atoms with E-state index < -0.39 is 0 Å². The molecular weight excluding hydrogens is 252 g/mol. The van der Waals surface area contributed by atoms with Crippen LogP contribution in [0.4, 0.5) is 4.79 Å². The lowest BCUT2D eigenvalue weighted by atomic mass is 9.95. The van der Waals surface area contributed by atoms with Crippen molar-refractivity contribution in [3.05, 3.63) is 0 Å². The Hall–Kier alpha value is -1.06. The molecule has 4 nitrogen and oxygen atoms in total. The van der Waals surface area contributed by atoms with Crippen molar-refractivity contribution >= 4 is 11.8 Å². The Kier molecular flexibility index (Phi) is 4.27. The lowest BCUT2D eigenvalue weighted by Crippen LogP contribution is -2.48. The average Bonchev–Trinajstić information content (AvgIpc) is 2.99. The standard InChI is InChI=1S/C16H26N2O2/c19-15-9-5-7-13(15)14-8-6-12-18(14)16(20)17-10-3-1-2-4-11-17/h13-14H,1-12H2. The zero-order valence-corrected chi connectivity index (χ0v) is 12.4. The van der Waals surface area contributed by atoms with Crippen LogP contribution in [0, 0.1) is 5.92 Å². The lowest BCUT2D eigenvalue weighted by Gasteiger charge is -2.33. The Morgan fingerprint density at radius 3 is 2.30 bits per heavy atom. The van der Waals surface area contributed by atoms with Gasteiger partial charge in [0.25, 0.3) is 0 Å². The van der Waals surface area contributed by atoms with E-state index >= 15 is 0 Å². The molecule has 0 aromatic carbocycles. The average molecular weight is 278 g/mol. The summed E-state index contributed by atoms with van der Waals surface area (Å²) in [4.78, 5) is 28.8. The first-order valence-electron chi connectivity index (χ1n) is 8.35. The first-order valence-corrected chi connectivity index (χ1v) is 8.35. The first-order chi connectivity index (χ1) is 9.77. The number of likely N-dealkylation sites (tertiary alicyclic amines) is 2. The number of rotatable bonds is 1. The van der Waals surface area contributed by atoms with Gasteiger partial charge in [-0.15, -0.1) is 0 Å². The predicted molar refractivity (Wildman–Crippen MR) is 77.5 cm³/mol. The maximum absolute atomic E-state index is 12.8. The molecule has 112 valence electrons. The van der Waals surface area contributed by atoms with Crippen molar-refractivity contribution in [2.24, 2.45) is 5.92 Å². The van der Waals surface area contributed by atoms with Gasteiger partial charge in [-0.2, -0.15) is 0 Å². The van der Waals surface area contributed by atoms with E-state index in [-0.39, 0.29) is 18.0 Å². The van der Waals surface area contributed by atoms with Crippen LogP contribution in [-0.4, -0.2) is 47.3 Å². The van der Waals surface area contributed by atoms with E-state index in [1.54, 1.807) is 0 Å². The van der Waals surface area contributed by atoms with Gasteiger partial charge in [-0.1, -0.05) is 12.8 Å². The molecule has 0 bridgehead atoms. The zero-order chi connectivity index (χ0) is 13.9. The van der Waals surface area contributed by atoms with E-state index in [0.29, 0.717) is 5.78 Å². The molecule has 1 aliphatic carbocycles. The summed E-state index contributed by atoms with van der Waals surface area (Å²) >= 11 is 0. The summed E-state index contributed by atoms with van der Waals surface area (Å²) in [5.74, 6) is 0.527. The zero-order valence-electron chi connectivity index (χ0n) is 12.4. The molecule has 2 unspecified atom stereocenters. The van der Waals surface area contributed by atoms with Gasteiger partial charge < -0.3 is 9.80 Å². The molecular formula is C16H26N2O2. The molecule has 4 heteroatoms. The highest BCUT2D eigenvalue weighted by molar-refractivity contribution is 5.84. The van der Waals surface area contributed by atoms with Crippen LogP contribution in [0.2, 0.25) is 0 Å². The number of hydrogen-bond donors (Lipinski definition) is 0. The lowest BCUT2D eigenvalue weighted by molar-refractivity contribution is -0.121. The van der Waals surface area contributed by atoms with E-state index in [1.165, 1.54) is 12.8 Å². The second kappa shape index (κ2) is 6.15. The molecule has 0 radical (unpaired) electrons. The molecule has 0 N–H and O–H groups in total. The van der Waals surface area contributed by atoms with Crippen molar-refractivity contribution < 1.29 is 9.59 Å². The van der Waals surface area contributed by atoms with Crippen molar-refractivity contribution in [3.63, 3.8) is 0 Å². The predicted octanol–water partition coefficient (Wildman–Crippen LogP) is 2.82. The van der Waals surface area contributed by atoms with Crippen LogP contribution in [0.3, 0.4) is 0 Å². The van der Waals surface area contributed by atoms with E-state index in [4.69, 9.17) is 0 Å². The summed E-state index contributed by atoms with van der Waals surface area (Å²) in [6, 6.07) is 0.398. The second-order valence-corrected chi connectivity index (χ2v) is 6.55. The van der Waals surface area contributed by atoms with Gasteiger partial charge in [0.1, 0.15) is 5.78 Å². The highest BCUT2D eigenvalue weighted by Crippen LogP contribution is 2.34. The molecule has 3 rings (SSSR count). The molecule has 0 aromatic heterocycles. The summed E-state index contributed by atoms with van der Waals surface area (Å²) in [6.45, 7) is 2.66. The largest absolute Gasteiger partial charge is 0.325 e. The number of ketones is 1. The fourth-order valence-electron chi connectivity index (χ4n) is 4.14. The van der Waals surface area contributed by atoms with Crippen LogP contribution in [0.15, 0.2) is 0 Å². The summed E-state index contributed by atoms with van der Waals surface area (Å²) in [6.07, 6.45) is 9.58.